The standard InChI is InChI=1S/C27H24F4N6O3/c1-37(2)13-21(36-24-19-7-4-8-22(40-26(32)39)23(19)33-14-34-24)15-5-3-6-17(11-15)35-25(38)18-10-9-16(12-20(18)28)27(29,30)31/h3-12,14,21H,13H2,1-2H3,(H2,32,39)(H,35,38)(H,33,34,36). The molecule has 1 aromatic heterocycles. The van der Waals surface area contributed by atoms with Crippen LogP contribution in [0.2, 0.25) is 0 Å². The second-order valence-corrected chi connectivity index (χ2v) is 9.03. The quantitative estimate of drug-likeness (QED) is 0.255. The van der Waals surface area contributed by atoms with Gasteiger partial charge in [0.2, 0.25) is 0 Å². The SMILES string of the molecule is CN(C)CC(Nc1ncnc2c(OC(N)=O)cccc12)c1cccc(NC(=O)c2ccc(C(F)(F)F)cc2F)c1. The van der Waals surface area contributed by atoms with E-state index in [2.05, 4.69) is 20.6 Å². The molecule has 40 heavy (non-hydrogen) atoms. The minimum absolute atomic E-state index is 0.166. The summed E-state index contributed by atoms with van der Waals surface area (Å²) in [4.78, 5) is 34.4. The van der Waals surface area contributed by atoms with E-state index in [1.54, 1.807) is 42.5 Å². The van der Waals surface area contributed by atoms with E-state index in [0.717, 1.165) is 11.6 Å². The number of carbonyl (C=O) groups is 2. The number of halogens is 4. The molecule has 1 atom stereocenters. The highest BCUT2D eigenvalue weighted by atomic mass is 19.4. The van der Waals surface area contributed by atoms with Crippen molar-refractivity contribution in [2.45, 2.75) is 12.2 Å². The molecule has 0 aliphatic carbocycles. The van der Waals surface area contributed by atoms with E-state index in [9.17, 15) is 27.2 Å². The summed E-state index contributed by atoms with van der Waals surface area (Å²) in [6.07, 6.45) is -4.41. The third-order valence-electron chi connectivity index (χ3n) is 5.78. The van der Waals surface area contributed by atoms with Crippen molar-refractivity contribution in [3.8, 4) is 5.75 Å². The number of primary amides is 1. The number of amides is 2. The minimum atomic E-state index is -4.73. The lowest BCUT2D eigenvalue weighted by Crippen LogP contribution is -2.26. The zero-order valence-corrected chi connectivity index (χ0v) is 21.3. The normalized spacial score (nSPS) is 12.3. The Morgan fingerprint density at radius 1 is 1.05 bits per heavy atom. The summed E-state index contributed by atoms with van der Waals surface area (Å²) < 4.78 is 58.0. The van der Waals surface area contributed by atoms with Gasteiger partial charge in [-0.05, 0) is 62.1 Å². The van der Waals surface area contributed by atoms with Crippen LogP contribution in [0.25, 0.3) is 10.9 Å². The summed E-state index contributed by atoms with van der Waals surface area (Å²) in [5.41, 5.74) is 4.83. The second kappa shape index (κ2) is 11.5. The van der Waals surface area contributed by atoms with Crippen molar-refractivity contribution in [2.75, 3.05) is 31.3 Å². The topological polar surface area (TPSA) is 122 Å². The zero-order chi connectivity index (χ0) is 29.0. The molecule has 4 aromatic rings. The number of alkyl halides is 3. The summed E-state index contributed by atoms with van der Waals surface area (Å²) in [5.74, 6) is -1.58. The number of carbonyl (C=O) groups excluding carboxylic acids is 2. The summed E-state index contributed by atoms with van der Waals surface area (Å²) in [7, 11) is 3.73. The average Bonchev–Trinajstić information content (AvgIpc) is 2.87. The van der Waals surface area contributed by atoms with Gasteiger partial charge in [0.1, 0.15) is 23.5 Å². The van der Waals surface area contributed by atoms with Gasteiger partial charge in [-0.3, -0.25) is 4.79 Å². The summed E-state index contributed by atoms with van der Waals surface area (Å²) in [5, 5.41) is 6.45. The number of nitrogens with two attached hydrogens (primary N) is 1. The number of benzene rings is 3. The predicted octanol–water partition coefficient (Wildman–Crippen LogP) is 5.21. The molecule has 0 aliphatic rings. The third kappa shape index (κ3) is 6.61. The maximum absolute atomic E-state index is 14.3. The number of nitrogens with zero attached hydrogens (tertiary/aromatic N) is 3. The first-order chi connectivity index (χ1) is 18.9. The highest BCUT2D eigenvalue weighted by Crippen LogP contribution is 2.32. The number of nitrogens with one attached hydrogen (secondary N) is 2. The van der Waals surface area contributed by atoms with Crippen LogP contribution in [0, 0.1) is 5.82 Å². The number of hydrogen-bond acceptors (Lipinski definition) is 7. The molecule has 0 saturated carbocycles. The van der Waals surface area contributed by atoms with Gasteiger partial charge in [-0.2, -0.15) is 13.2 Å². The monoisotopic (exact) mass is 556 g/mol. The average molecular weight is 557 g/mol. The molecule has 0 bridgehead atoms. The van der Waals surface area contributed by atoms with Gasteiger partial charge in [-0.15, -0.1) is 0 Å². The van der Waals surface area contributed by atoms with E-state index in [0.29, 0.717) is 35.0 Å². The molecule has 0 saturated heterocycles. The number of hydrogen-bond donors (Lipinski definition) is 3. The van der Waals surface area contributed by atoms with E-state index < -0.39 is 35.1 Å². The number of likely N-dealkylation sites (N-methyl/N-ethyl adjacent to an activating group) is 1. The van der Waals surface area contributed by atoms with Gasteiger partial charge in [0.25, 0.3) is 5.91 Å². The molecule has 1 unspecified atom stereocenters. The molecular weight excluding hydrogens is 532 g/mol. The highest BCUT2D eigenvalue weighted by Gasteiger charge is 2.31. The molecule has 2 amide bonds. The van der Waals surface area contributed by atoms with Crippen molar-refractivity contribution in [3.63, 3.8) is 0 Å². The molecule has 4 rings (SSSR count). The van der Waals surface area contributed by atoms with E-state index in [4.69, 9.17) is 10.5 Å². The number of rotatable bonds is 8. The number of aromatic nitrogens is 2. The van der Waals surface area contributed by atoms with E-state index in [1.807, 2.05) is 19.0 Å². The van der Waals surface area contributed by atoms with Gasteiger partial charge in [0.05, 0.1) is 17.2 Å². The lowest BCUT2D eigenvalue weighted by atomic mass is 10.0. The number of para-hydroxylation sites is 1. The van der Waals surface area contributed by atoms with Gasteiger partial charge in [-0.1, -0.05) is 18.2 Å². The number of anilines is 2. The first-order valence-corrected chi connectivity index (χ1v) is 11.8. The first-order valence-electron chi connectivity index (χ1n) is 11.8. The molecule has 0 radical (unpaired) electrons. The predicted molar refractivity (Wildman–Crippen MR) is 140 cm³/mol. The van der Waals surface area contributed by atoms with Gasteiger partial charge < -0.3 is 26.0 Å². The molecule has 9 nitrogen and oxygen atoms in total. The van der Waals surface area contributed by atoms with Crippen molar-refractivity contribution in [3.05, 3.63) is 89.5 Å². The van der Waals surface area contributed by atoms with Crippen LogP contribution in [-0.4, -0.2) is 47.5 Å². The van der Waals surface area contributed by atoms with Gasteiger partial charge in [0.15, 0.2) is 5.75 Å². The van der Waals surface area contributed by atoms with Gasteiger partial charge >= 0.3 is 12.3 Å². The molecule has 208 valence electrons. The Kier molecular flexibility index (Phi) is 8.14. The maximum Gasteiger partial charge on any atom is 0.416 e. The van der Waals surface area contributed by atoms with Crippen LogP contribution in [0.1, 0.15) is 27.5 Å². The van der Waals surface area contributed by atoms with Crippen LogP contribution in [0.4, 0.5) is 33.9 Å². The van der Waals surface area contributed by atoms with E-state index in [1.165, 1.54) is 6.33 Å². The molecule has 0 aliphatic heterocycles. The zero-order valence-electron chi connectivity index (χ0n) is 21.3. The van der Waals surface area contributed by atoms with Crippen molar-refractivity contribution in [1.29, 1.82) is 0 Å². The Hall–Kier alpha value is -4.78. The van der Waals surface area contributed by atoms with Crippen molar-refractivity contribution >= 4 is 34.4 Å². The summed E-state index contributed by atoms with van der Waals surface area (Å²) in [6.45, 7) is 0.480. The maximum atomic E-state index is 14.3. The van der Waals surface area contributed by atoms with Gasteiger partial charge in [0, 0.05) is 17.6 Å². The van der Waals surface area contributed by atoms with E-state index in [-0.39, 0.29) is 17.9 Å². The summed E-state index contributed by atoms with van der Waals surface area (Å²) >= 11 is 0. The van der Waals surface area contributed by atoms with Crippen LogP contribution in [-0.2, 0) is 6.18 Å². The Labute approximate surface area is 226 Å². The van der Waals surface area contributed by atoms with Crippen LogP contribution < -0.4 is 21.1 Å². The number of fused-ring (bicyclic) bond motifs is 1. The molecule has 13 heteroatoms. The fraction of sp³-hybridized carbons (Fsp3) is 0.185. The lowest BCUT2D eigenvalue weighted by Gasteiger charge is -2.24. The first kappa shape index (κ1) is 28.2. The lowest BCUT2D eigenvalue weighted by molar-refractivity contribution is -0.137. The number of ether oxygens (including phenoxy) is 1. The minimum Gasteiger partial charge on any atom is -0.408 e. The van der Waals surface area contributed by atoms with Crippen LogP contribution >= 0.6 is 0 Å². The van der Waals surface area contributed by atoms with Crippen molar-refractivity contribution < 1.29 is 31.9 Å². The molecule has 3 aromatic carbocycles. The Morgan fingerprint density at radius 3 is 2.48 bits per heavy atom. The largest absolute Gasteiger partial charge is 0.416 e. The van der Waals surface area contributed by atoms with E-state index >= 15 is 0 Å². The second-order valence-electron chi connectivity index (χ2n) is 9.03. The van der Waals surface area contributed by atoms with Crippen LogP contribution in [0.15, 0.2) is 67.0 Å². The molecule has 0 fully saturated rings. The fourth-order valence-corrected chi connectivity index (χ4v) is 4.04. The van der Waals surface area contributed by atoms with Crippen molar-refractivity contribution in [1.82, 2.24) is 14.9 Å². The summed E-state index contributed by atoms with van der Waals surface area (Å²) in [6, 6.07) is 13.0. The van der Waals surface area contributed by atoms with Crippen molar-refractivity contribution in [2.24, 2.45) is 5.73 Å². The van der Waals surface area contributed by atoms with Crippen LogP contribution in [0.5, 0.6) is 5.75 Å². The Bertz CT molecular complexity index is 1560. The molecule has 0 spiro atoms. The smallest absolute Gasteiger partial charge is 0.408 e. The Balaban J connectivity index is 1.61. The molecular formula is C27H24F4N6O3. The molecule has 4 N–H and O–H groups in total. The highest BCUT2D eigenvalue weighted by molar-refractivity contribution is 6.04. The fourth-order valence-electron chi connectivity index (χ4n) is 4.04. The van der Waals surface area contributed by atoms with Gasteiger partial charge in [-0.25, -0.2) is 19.2 Å². The van der Waals surface area contributed by atoms with Crippen LogP contribution in [0.3, 0.4) is 0 Å². The Morgan fingerprint density at radius 2 is 1.80 bits per heavy atom. The third-order valence-corrected chi connectivity index (χ3v) is 5.78. The molecule has 1 heterocycles.